The number of methoxy groups -OCH3 is 1. The summed E-state index contributed by atoms with van der Waals surface area (Å²) < 4.78 is 27.8. The second-order valence-electron chi connectivity index (χ2n) is 9.61. The Morgan fingerprint density at radius 1 is 1.11 bits per heavy atom. The fourth-order valence-electron chi connectivity index (χ4n) is 5.42. The van der Waals surface area contributed by atoms with Gasteiger partial charge in [-0.15, -0.1) is 0 Å². The van der Waals surface area contributed by atoms with Gasteiger partial charge in [-0.05, 0) is 36.8 Å². The number of amides is 1. The van der Waals surface area contributed by atoms with Crippen molar-refractivity contribution in [2.24, 2.45) is 0 Å². The summed E-state index contributed by atoms with van der Waals surface area (Å²) in [6.07, 6.45) is 2.71. The van der Waals surface area contributed by atoms with Crippen LogP contribution in [-0.4, -0.2) is 75.6 Å². The molecule has 10 heteroatoms. The highest BCUT2D eigenvalue weighted by Crippen LogP contribution is 2.30. The van der Waals surface area contributed by atoms with Gasteiger partial charge >= 0.3 is 0 Å². The lowest BCUT2D eigenvalue weighted by Crippen LogP contribution is -2.56. The maximum Gasteiger partial charge on any atom is 0.276 e. The van der Waals surface area contributed by atoms with E-state index < -0.39 is 11.7 Å². The molecule has 0 N–H and O–H groups in total. The van der Waals surface area contributed by atoms with E-state index in [4.69, 9.17) is 26.1 Å². The third kappa shape index (κ3) is 4.62. The first-order chi connectivity index (χ1) is 18.5. The van der Waals surface area contributed by atoms with Crippen LogP contribution in [0, 0.1) is 5.82 Å². The van der Waals surface area contributed by atoms with Gasteiger partial charge in [-0.2, -0.15) is 0 Å². The smallest absolute Gasteiger partial charge is 0.276 e. The SMILES string of the molecule is COc1ccc(F)c(C(=O)N2C3CCN(Cc4c(-c5ccc(Cl)cc5)nc5ccccn45)CC2COC3)n1. The van der Waals surface area contributed by atoms with E-state index in [1.807, 2.05) is 48.7 Å². The second kappa shape index (κ2) is 10.3. The van der Waals surface area contributed by atoms with Gasteiger partial charge in [0.25, 0.3) is 5.91 Å². The van der Waals surface area contributed by atoms with E-state index in [-0.39, 0.29) is 23.7 Å². The summed E-state index contributed by atoms with van der Waals surface area (Å²) >= 11 is 6.14. The summed E-state index contributed by atoms with van der Waals surface area (Å²) in [5, 5.41) is 0.672. The molecule has 1 aromatic carbocycles. The number of imidazole rings is 1. The maximum atomic E-state index is 14.7. The molecule has 0 spiro atoms. The molecule has 2 unspecified atom stereocenters. The highest BCUT2D eigenvalue weighted by molar-refractivity contribution is 6.30. The molecular formula is C28H27ClFN5O3. The van der Waals surface area contributed by atoms with Crippen LogP contribution in [-0.2, 0) is 11.3 Å². The van der Waals surface area contributed by atoms with Gasteiger partial charge in [-0.25, -0.2) is 14.4 Å². The molecule has 38 heavy (non-hydrogen) atoms. The van der Waals surface area contributed by atoms with Gasteiger partial charge in [-0.3, -0.25) is 9.69 Å². The molecule has 2 aliphatic rings. The fraction of sp³-hybridized carbons (Fsp3) is 0.321. The van der Waals surface area contributed by atoms with Gasteiger partial charge in [0, 0.05) is 42.5 Å². The van der Waals surface area contributed by atoms with Gasteiger partial charge in [0.05, 0.1) is 43.8 Å². The molecule has 8 nitrogen and oxygen atoms in total. The van der Waals surface area contributed by atoms with Crippen LogP contribution in [0.5, 0.6) is 5.88 Å². The molecule has 0 aliphatic carbocycles. The summed E-state index contributed by atoms with van der Waals surface area (Å²) in [7, 11) is 1.44. The molecule has 2 saturated heterocycles. The van der Waals surface area contributed by atoms with E-state index in [1.165, 1.54) is 19.2 Å². The van der Waals surface area contributed by atoms with Crippen molar-refractivity contribution < 1.29 is 18.7 Å². The number of rotatable bonds is 5. The van der Waals surface area contributed by atoms with Crippen LogP contribution in [0.25, 0.3) is 16.9 Å². The number of halogens is 2. The number of pyridine rings is 2. The molecule has 2 fully saturated rings. The van der Waals surface area contributed by atoms with Crippen LogP contribution in [0.1, 0.15) is 22.6 Å². The Labute approximate surface area is 224 Å². The number of ether oxygens (including phenoxy) is 2. The molecule has 1 amide bonds. The van der Waals surface area contributed by atoms with Gasteiger partial charge in [0.2, 0.25) is 5.88 Å². The topological polar surface area (TPSA) is 72.2 Å². The number of nitrogens with zero attached hydrogens (tertiary/aromatic N) is 5. The first-order valence-electron chi connectivity index (χ1n) is 12.6. The van der Waals surface area contributed by atoms with E-state index in [0.717, 1.165) is 29.1 Å². The minimum absolute atomic E-state index is 0.170. The molecule has 4 aromatic rings. The third-order valence-electron chi connectivity index (χ3n) is 7.24. The molecular weight excluding hydrogens is 509 g/mol. The van der Waals surface area contributed by atoms with Crippen molar-refractivity contribution >= 4 is 23.2 Å². The van der Waals surface area contributed by atoms with Crippen molar-refractivity contribution in [2.45, 2.75) is 25.0 Å². The lowest BCUT2D eigenvalue weighted by atomic mass is 10.1. The predicted octanol–water partition coefficient (Wildman–Crippen LogP) is 4.31. The van der Waals surface area contributed by atoms with Crippen LogP contribution in [0.2, 0.25) is 5.02 Å². The zero-order valence-corrected chi connectivity index (χ0v) is 21.6. The number of hydrogen-bond donors (Lipinski definition) is 0. The predicted molar refractivity (Wildman–Crippen MR) is 141 cm³/mol. The number of fused-ring (bicyclic) bond motifs is 3. The van der Waals surface area contributed by atoms with E-state index in [2.05, 4.69) is 14.3 Å². The second-order valence-corrected chi connectivity index (χ2v) is 10.0. The van der Waals surface area contributed by atoms with Crippen molar-refractivity contribution in [3.8, 4) is 17.1 Å². The van der Waals surface area contributed by atoms with E-state index >= 15 is 0 Å². The summed E-state index contributed by atoms with van der Waals surface area (Å²) in [5.74, 6) is -0.887. The molecule has 5 heterocycles. The fourth-order valence-corrected chi connectivity index (χ4v) is 5.54. The highest BCUT2D eigenvalue weighted by atomic mass is 35.5. The minimum atomic E-state index is -0.658. The average molecular weight is 536 g/mol. The normalized spacial score (nSPS) is 19.9. The number of carbonyl (C=O) groups is 1. The quantitative estimate of drug-likeness (QED) is 0.379. The van der Waals surface area contributed by atoms with E-state index in [9.17, 15) is 9.18 Å². The van der Waals surface area contributed by atoms with Crippen LogP contribution in [0.15, 0.2) is 60.8 Å². The molecule has 0 saturated carbocycles. The molecule has 2 aliphatic heterocycles. The van der Waals surface area contributed by atoms with Gasteiger partial charge in [0.1, 0.15) is 5.65 Å². The first kappa shape index (κ1) is 24.8. The number of hydrogen-bond acceptors (Lipinski definition) is 6. The Bertz CT molecular complexity index is 1480. The summed E-state index contributed by atoms with van der Waals surface area (Å²) in [6.45, 7) is 2.74. The number of aromatic nitrogens is 3. The minimum Gasteiger partial charge on any atom is -0.481 e. The Balaban J connectivity index is 1.31. The molecule has 2 bridgehead atoms. The van der Waals surface area contributed by atoms with Crippen molar-refractivity contribution in [1.82, 2.24) is 24.2 Å². The largest absolute Gasteiger partial charge is 0.481 e. The molecule has 0 radical (unpaired) electrons. The summed E-state index contributed by atoms with van der Waals surface area (Å²) in [6, 6.07) is 15.9. The number of morpholine rings is 1. The van der Waals surface area contributed by atoms with Crippen molar-refractivity contribution in [2.75, 3.05) is 33.4 Å². The summed E-state index contributed by atoms with van der Waals surface area (Å²) in [4.78, 5) is 26.7. The Morgan fingerprint density at radius 2 is 1.92 bits per heavy atom. The molecule has 2 atom stereocenters. The summed E-state index contributed by atoms with van der Waals surface area (Å²) in [5.41, 5.74) is 3.58. The Hall–Kier alpha value is -3.53. The van der Waals surface area contributed by atoms with Crippen LogP contribution < -0.4 is 4.74 Å². The van der Waals surface area contributed by atoms with Crippen LogP contribution in [0.4, 0.5) is 4.39 Å². The van der Waals surface area contributed by atoms with Crippen molar-refractivity contribution in [3.05, 3.63) is 83.0 Å². The van der Waals surface area contributed by atoms with Gasteiger partial charge in [0.15, 0.2) is 11.5 Å². The van der Waals surface area contributed by atoms with Crippen LogP contribution >= 0.6 is 11.6 Å². The van der Waals surface area contributed by atoms with E-state index in [0.29, 0.717) is 37.7 Å². The number of benzene rings is 1. The maximum absolute atomic E-state index is 14.7. The highest BCUT2D eigenvalue weighted by Gasteiger charge is 2.40. The van der Waals surface area contributed by atoms with Gasteiger partial charge < -0.3 is 18.8 Å². The van der Waals surface area contributed by atoms with Crippen LogP contribution in [0.3, 0.4) is 0 Å². The zero-order chi connectivity index (χ0) is 26.2. The van der Waals surface area contributed by atoms with Crippen molar-refractivity contribution in [3.63, 3.8) is 0 Å². The molecule has 3 aromatic heterocycles. The lowest BCUT2D eigenvalue weighted by molar-refractivity contribution is -0.0331. The van der Waals surface area contributed by atoms with Gasteiger partial charge in [-0.1, -0.05) is 29.8 Å². The van der Waals surface area contributed by atoms with Crippen molar-refractivity contribution in [1.29, 1.82) is 0 Å². The third-order valence-corrected chi connectivity index (χ3v) is 7.49. The molecule has 196 valence electrons. The average Bonchev–Trinajstić information content (AvgIpc) is 3.25. The number of carbonyl (C=O) groups excluding carboxylic acids is 1. The van der Waals surface area contributed by atoms with E-state index in [1.54, 1.807) is 4.90 Å². The Kier molecular flexibility index (Phi) is 6.73. The standard InChI is InChI=1S/C28H27ClFN5O3/c1-37-25-10-9-22(30)27(32-25)28(36)35-20-11-13-33(14-21(35)17-38-16-20)15-23-26(18-5-7-19(29)8-6-18)31-24-4-2-3-12-34(23)24/h2-10,12,20-21H,11,13-17H2,1H3. The zero-order valence-electron chi connectivity index (χ0n) is 20.9. The molecule has 6 rings (SSSR count). The first-order valence-corrected chi connectivity index (χ1v) is 12.9. The lowest BCUT2D eigenvalue weighted by Gasteiger charge is -2.40. The Morgan fingerprint density at radius 3 is 2.74 bits per heavy atom. The monoisotopic (exact) mass is 535 g/mol.